The number of hydrogen-bond donors (Lipinski definition) is 1. The lowest BCUT2D eigenvalue weighted by molar-refractivity contribution is -0.115. The Kier molecular flexibility index (Phi) is 3.31. The molecule has 0 saturated heterocycles. The normalized spacial score (nSPS) is 16.3. The zero-order valence-corrected chi connectivity index (χ0v) is 11.7. The highest BCUT2D eigenvalue weighted by Crippen LogP contribution is 2.28. The minimum absolute atomic E-state index is 0.0379. The number of para-hydroxylation sites is 1. The van der Waals surface area contributed by atoms with Crippen molar-refractivity contribution in [3.05, 3.63) is 24.3 Å². The first kappa shape index (κ1) is 12.3. The molecule has 96 valence electrons. The number of anilines is 1. The lowest BCUT2D eigenvalue weighted by Crippen LogP contribution is -2.20. The van der Waals surface area contributed by atoms with Gasteiger partial charge in [-0.1, -0.05) is 23.5 Å². The van der Waals surface area contributed by atoms with Crippen molar-refractivity contribution in [2.75, 3.05) is 11.9 Å². The average molecular weight is 290 g/mol. The molecule has 1 aliphatic rings. The predicted molar refractivity (Wildman–Crippen MR) is 81.3 cm³/mol. The molecule has 19 heavy (non-hydrogen) atoms. The van der Waals surface area contributed by atoms with Gasteiger partial charge >= 0.3 is 0 Å². The lowest BCUT2D eigenvalue weighted by Gasteiger charge is -2.13. The van der Waals surface area contributed by atoms with Crippen LogP contribution in [0.3, 0.4) is 0 Å². The maximum Gasteiger partial charge on any atom is 0.193 e. The number of thiazole rings is 1. The first-order valence-electron chi connectivity index (χ1n) is 5.64. The van der Waals surface area contributed by atoms with E-state index in [-0.39, 0.29) is 12.3 Å². The molecule has 0 saturated carbocycles. The third-order valence-electron chi connectivity index (χ3n) is 2.33. The van der Waals surface area contributed by atoms with E-state index in [1.807, 2.05) is 24.3 Å². The summed E-state index contributed by atoms with van der Waals surface area (Å²) in [6, 6.07) is 7.97. The summed E-state index contributed by atoms with van der Waals surface area (Å²) in [5.74, 6) is 0.0379. The SMILES string of the molecule is CC(=O)CN=C1N=C(Nc2nc3ccccc3s2)S1. The van der Waals surface area contributed by atoms with Crippen LogP contribution in [-0.4, -0.2) is 27.6 Å². The number of aromatic nitrogens is 1. The number of nitrogens with zero attached hydrogens (tertiary/aromatic N) is 3. The van der Waals surface area contributed by atoms with Crippen LogP contribution in [0.1, 0.15) is 6.92 Å². The lowest BCUT2D eigenvalue weighted by atomic mass is 10.3. The summed E-state index contributed by atoms with van der Waals surface area (Å²) < 4.78 is 1.14. The van der Waals surface area contributed by atoms with Crippen LogP contribution >= 0.6 is 23.1 Å². The van der Waals surface area contributed by atoms with E-state index >= 15 is 0 Å². The second-order valence-electron chi connectivity index (χ2n) is 3.93. The summed E-state index contributed by atoms with van der Waals surface area (Å²) in [6.45, 7) is 1.71. The number of carbonyl (C=O) groups excluding carboxylic acids is 1. The number of nitrogens with one attached hydrogen (secondary N) is 1. The average Bonchev–Trinajstić information content (AvgIpc) is 2.73. The van der Waals surface area contributed by atoms with Gasteiger partial charge in [-0.05, 0) is 30.8 Å². The maximum absolute atomic E-state index is 10.8. The van der Waals surface area contributed by atoms with Gasteiger partial charge in [0.15, 0.2) is 21.3 Å². The molecule has 2 heterocycles. The first-order chi connectivity index (χ1) is 9.20. The largest absolute Gasteiger partial charge is 0.310 e. The van der Waals surface area contributed by atoms with Crippen molar-refractivity contribution in [2.24, 2.45) is 9.98 Å². The number of hydrogen-bond acceptors (Lipinski definition) is 6. The molecule has 1 aliphatic heterocycles. The smallest absolute Gasteiger partial charge is 0.193 e. The fourth-order valence-electron chi connectivity index (χ4n) is 1.50. The van der Waals surface area contributed by atoms with E-state index < -0.39 is 0 Å². The van der Waals surface area contributed by atoms with E-state index in [2.05, 4.69) is 20.3 Å². The molecule has 0 unspecified atom stereocenters. The number of ketones is 1. The van der Waals surface area contributed by atoms with E-state index in [4.69, 9.17) is 0 Å². The van der Waals surface area contributed by atoms with Crippen molar-refractivity contribution in [3.63, 3.8) is 0 Å². The topological polar surface area (TPSA) is 66.7 Å². The molecule has 1 aromatic heterocycles. The quantitative estimate of drug-likeness (QED) is 0.944. The van der Waals surface area contributed by atoms with Crippen LogP contribution in [0, 0.1) is 0 Å². The number of carbonyl (C=O) groups is 1. The molecule has 1 N–H and O–H groups in total. The van der Waals surface area contributed by atoms with Gasteiger partial charge in [0.05, 0.1) is 10.2 Å². The summed E-state index contributed by atoms with van der Waals surface area (Å²) in [4.78, 5) is 23.5. The van der Waals surface area contributed by atoms with Crippen LogP contribution in [0.15, 0.2) is 34.3 Å². The van der Waals surface area contributed by atoms with Crippen molar-refractivity contribution in [1.82, 2.24) is 4.98 Å². The molecule has 0 radical (unpaired) electrons. The number of aliphatic imine (C=N–C) groups is 2. The Hall–Kier alpha value is -1.73. The summed E-state index contributed by atoms with van der Waals surface area (Å²) in [5, 5.41) is 5.36. The molecule has 5 nitrogen and oxygen atoms in total. The number of fused-ring (bicyclic) bond motifs is 1. The van der Waals surface area contributed by atoms with Crippen molar-refractivity contribution < 1.29 is 4.79 Å². The molecule has 2 aromatic rings. The van der Waals surface area contributed by atoms with Crippen molar-refractivity contribution >= 4 is 54.6 Å². The molecule has 0 fully saturated rings. The van der Waals surface area contributed by atoms with Crippen molar-refractivity contribution in [1.29, 1.82) is 0 Å². The van der Waals surface area contributed by atoms with Crippen LogP contribution < -0.4 is 5.32 Å². The second kappa shape index (κ2) is 5.10. The number of Topliss-reactive ketones (excluding diaryl/α,β-unsaturated/α-hetero) is 1. The van der Waals surface area contributed by atoms with Crippen molar-refractivity contribution in [3.8, 4) is 0 Å². The number of benzene rings is 1. The fraction of sp³-hybridized carbons (Fsp3) is 0.167. The number of thioether (sulfide) groups is 1. The zero-order chi connectivity index (χ0) is 13.2. The Balaban J connectivity index is 1.68. The maximum atomic E-state index is 10.8. The third-order valence-corrected chi connectivity index (χ3v) is 4.07. The molecule has 0 aliphatic carbocycles. The van der Waals surface area contributed by atoms with Gasteiger partial charge in [-0.3, -0.25) is 9.79 Å². The Labute approximate surface area is 117 Å². The standard InChI is InChI=1S/C12H10N4OS2/c1-7(17)6-13-10-15-12(19-10)16-11-14-8-4-2-3-5-9(8)18-11/h2-5H,6H2,1H3,(H,13,14,15,16). The molecule has 0 bridgehead atoms. The summed E-state index contributed by atoms with van der Waals surface area (Å²) in [7, 11) is 0. The molecule has 0 amide bonds. The molecule has 3 rings (SSSR count). The zero-order valence-electron chi connectivity index (χ0n) is 10.1. The van der Waals surface area contributed by atoms with Crippen molar-refractivity contribution in [2.45, 2.75) is 6.92 Å². The Bertz CT molecular complexity index is 672. The predicted octanol–water partition coefficient (Wildman–Crippen LogP) is 2.76. The molecule has 0 spiro atoms. The van der Waals surface area contributed by atoms with Gasteiger partial charge < -0.3 is 5.32 Å². The highest BCUT2D eigenvalue weighted by Gasteiger charge is 2.18. The van der Waals surface area contributed by atoms with Crippen LogP contribution in [-0.2, 0) is 4.79 Å². The van der Waals surface area contributed by atoms with Gasteiger partial charge in [0.2, 0.25) is 0 Å². The van der Waals surface area contributed by atoms with Crippen LogP contribution in [0.2, 0.25) is 0 Å². The van der Waals surface area contributed by atoms with Crippen LogP contribution in [0.25, 0.3) is 10.2 Å². The van der Waals surface area contributed by atoms with Crippen LogP contribution in [0.4, 0.5) is 5.13 Å². The number of amidine groups is 2. The van der Waals surface area contributed by atoms with E-state index in [1.165, 1.54) is 18.7 Å². The molecular formula is C12H10N4OS2. The highest BCUT2D eigenvalue weighted by molar-refractivity contribution is 8.29. The molecule has 1 aromatic carbocycles. The summed E-state index contributed by atoms with van der Waals surface area (Å²) >= 11 is 3.01. The highest BCUT2D eigenvalue weighted by atomic mass is 32.2. The van der Waals surface area contributed by atoms with Gasteiger partial charge in [-0.25, -0.2) is 4.98 Å². The van der Waals surface area contributed by atoms with Crippen LogP contribution in [0.5, 0.6) is 0 Å². The van der Waals surface area contributed by atoms with E-state index in [0.717, 1.165) is 20.5 Å². The Morgan fingerprint density at radius 2 is 2.21 bits per heavy atom. The monoisotopic (exact) mass is 290 g/mol. The minimum Gasteiger partial charge on any atom is -0.310 e. The summed E-state index contributed by atoms with van der Waals surface area (Å²) in [5.41, 5.74) is 0.977. The van der Waals surface area contributed by atoms with E-state index in [9.17, 15) is 4.79 Å². The van der Waals surface area contributed by atoms with Gasteiger partial charge in [0.1, 0.15) is 6.54 Å². The minimum atomic E-state index is 0.0379. The first-order valence-corrected chi connectivity index (χ1v) is 7.27. The number of rotatable bonds is 3. The second-order valence-corrected chi connectivity index (χ2v) is 5.92. The van der Waals surface area contributed by atoms with E-state index in [1.54, 1.807) is 11.3 Å². The van der Waals surface area contributed by atoms with Gasteiger partial charge in [0, 0.05) is 0 Å². The molecule has 0 atom stereocenters. The van der Waals surface area contributed by atoms with Gasteiger partial charge in [-0.2, -0.15) is 4.99 Å². The molecular weight excluding hydrogens is 280 g/mol. The van der Waals surface area contributed by atoms with E-state index in [0.29, 0.717) is 5.17 Å². The van der Waals surface area contributed by atoms with Gasteiger partial charge in [-0.15, -0.1) is 0 Å². The Morgan fingerprint density at radius 3 is 2.95 bits per heavy atom. The Morgan fingerprint density at radius 1 is 1.42 bits per heavy atom. The molecule has 7 heteroatoms. The van der Waals surface area contributed by atoms with Gasteiger partial charge in [0.25, 0.3) is 0 Å². The fourth-order valence-corrected chi connectivity index (χ4v) is 3.01. The summed E-state index contributed by atoms with van der Waals surface area (Å²) in [6.07, 6.45) is 0. The third kappa shape index (κ3) is 2.82.